The van der Waals surface area contributed by atoms with E-state index in [1.165, 1.54) is 0 Å². The van der Waals surface area contributed by atoms with Crippen LogP contribution in [0, 0.1) is 6.92 Å². The summed E-state index contributed by atoms with van der Waals surface area (Å²) in [5.74, 6) is 1.15. The maximum Gasteiger partial charge on any atom is 0.131 e. The minimum Gasteiger partial charge on any atom is -0.338 e. The Balaban J connectivity index is 1.72. The molecular formula is C12H19N5S. The maximum atomic E-state index is 4.32. The Kier molecular flexibility index (Phi) is 4.43. The van der Waals surface area contributed by atoms with Crippen LogP contribution in [0.4, 0.5) is 0 Å². The van der Waals surface area contributed by atoms with Gasteiger partial charge in [-0.15, -0.1) is 21.5 Å². The molecule has 0 fully saturated rings. The molecule has 98 valence electrons. The molecule has 2 aromatic heterocycles. The van der Waals surface area contributed by atoms with Crippen molar-refractivity contribution in [2.75, 3.05) is 13.6 Å². The second-order valence-electron chi connectivity index (χ2n) is 4.51. The van der Waals surface area contributed by atoms with Crippen LogP contribution in [0.3, 0.4) is 0 Å². The van der Waals surface area contributed by atoms with E-state index in [0.717, 1.165) is 41.8 Å². The van der Waals surface area contributed by atoms with Gasteiger partial charge in [-0.2, -0.15) is 0 Å². The summed E-state index contributed by atoms with van der Waals surface area (Å²) in [6, 6.07) is 0. The summed E-state index contributed by atoms with van der Waals surface area (Å²) >= 11 is 1.67. The SMILES string of the molecule is Cc1nnc(CN(C)CCCc2nccn2C)s1. The van der Waals surface area contributed by atoms with Crippen LogP contribution in [0.2, 0.25) is 0 Å². The largest absolute Gasteiger partial charge is 0.338 e. The summed E-state index contributed by atoms with van der Waals surface area (Å²) in [5, 5.41) is 10.3. The van der Waals surface area contributed by atoms with Crippen LogP contribution < -0.4 is 0 Å². The average Bonchev–Trinajstić information content (AvgIpc) is 2.89. The van der Waals surface area contributed by atoms with Gasteiger partial charge in [0.25, 0.3) is 0 Å². The van der Waals surface area contributed by atoms with Crippen molar-refractivity contribution in [2.45, 2.75) is 26.3 Å². The standard InChI is InChI=1S/C12H19N5S/c1-10-14-15-12(18-10)9-16(2)7-4-5-11-13-6-8-17(11)3/h6,8H,4-5,7,9H2,1-3H3. The van der Waals surface area contributed by atoms with Gasteiger partial charge in [0.1, 0.15) is 15.8 Å². The number of rotatable bonds is 6. The second-order valence-corrected chi connectivity index (χ2v) is 5.78. The first kappa shape index (κ1) is 13.2. The summed E-state index contributed by atoms with van der Waals surface area (Å²) in [6.07, 6.45) is 5.97. The van der Waals surface area contributed by atoms with Crippen molar-refractivity contribution in [3.05, 3.63) is 28.2 Å². The van der Waals surface area contributed by atoms with Gasteiger partial charge in [-0.05, 0) is 26.9 Å². The lowest BCUT2D eigenvalue weighted by molar-refractivity contribution is 0.319. The van der Waals surface area contributed by atoms with Gasteiger partial charge in [0.2, 0.25) is 0 Å². The fourth-order valence-electron chi connectivity index (χ4n) is 1.86. The summed E-state index contributed by atoms with van der Waals surface area (Å²) in [6.45, 7) is 3.92. The van der Waals surface area contributed by atoms with E-state index in [1.54, 1.807) is 11.3 Å². The molecule has 2 aromatic rings. The molecule has 0 bridgehead atoms. The van der Waals surface area contributed by atoms with Crippen LogP contribution in [0.15, 0.2) is 12.4 Å². The van der Waals surface area contributed by atoms with Crippen molar-refractivity contribution in [2.24, 2.45) is 7.05 Å². The topological polar surface area (TPSA) is 46.8 Å². The second kappa shape index (κ2) is 6.06. The molecule has 6 heteroatoms. The van der Waals surface area contributed by atoms with Crippen molar-refractivity contribution < 1.29 is 0 Å². The molecule has 0 amide bonds. The summed E-state index contributed by atoms with van der Waals surface area (Å²) in [4.78, 5) is 6.60. The third-order valence-electron chi connectivity index (χ3n) is 2.83. The lowest BCUT2D eigenvalue weighted by atomic mass is 10.3. The normalized spacial score (nSPS) is 11.3. The molecular weight excluding hydrogens is 246 g/mol. The lowest BCUT2D eigenvalue weighted by Gasteiger charge is -2.14. The van der Waals surface area contributed by atoms with E-state index in [1.807, 2.05) is 26.4 Å². The number of aromatic nitrogens is 4. The third kappa shape index (κ3) is 3.61. The predicted octanol–water partition coefficient (Wildman–Crippen LogP) is 1.64. The Labute approximate surface area is 111 Å². The molecule has 0 unspecified atom stereocenters. The van der Waals surface area contributed by atoms with E-state index in [9.17, 15) is 0 Å². The Morgan fingerprint density at radius 1 is 1.39 bits per heavy atom. The quantitative estimate of drug-likeness (QED) is 0.796. The van der Waals surface area contributed by atoms with Gasteiger partial charge < -0.3 is 4.57 Å². The van der Waals surface area contributed by atoms with Crippen LogP contribution in [0.1, 0.15) is 22.3 Å². The van der Waals surface area contributed by atoms with E-state index < -0.39 is 0 Å². The van der Waals surface area contributed by atoms with E-state index in [0.29, 0.717) is 0 Å². The van der Waals surface area contributed by atoms with Crippen molar-refractivity contribution in [1.29, 1.82) is 0 Å². The van der Waals surface area contributed by atoms with Gasteiger partial charge in [0, 0.05) is 25.9 Å². The van der Waals surface area contributed by atoms with Crippen LogP contribution >= 0.6 is 11.3 Å². The highest BCUT2D eigenvalue weighted by atomic mass is 32.1. The van der Waals surface area contributed by atoms with Crippen LogP contribution in [-0.2, 0) is 20.0 Å². The monoisotopic (exact) mass is 265 g/mol. The van der Waals surface area contributed by atoms with E-state index in [2.05, 4.69) is 31.7 Å². The van der Waals surface area contributed by atoms with Crippen LogP contribution in [0.25, 0.3) is 0 Å². The third-order valence-corrected chi connectivity index (χ3v) is 3.66. The van der Waals surface area contributed by atoms with Crippen molar-refractivity contribution in [3.8, 4) is 0 Å². The van der Waals surface area contributed by atoms with Gasteiger partial charge >= 0.3 is 0 Å². The number of hydrogen-bond donors (Lipinski definition) is 0. The zero-order valence-corrected chi connectivity index (χ0v) is 11.9. The van der Waals surface area contributed by atoms with E-state index in [-0.39, 0.29) is 0 Å². The molecule has 0 aromatic carbocycles. The average molecular weight is 265 g/mol. The van der Waals surface area contributed by atoms with E-state index in [4.69, 9.17) is 0 Å². The Bertz CT molecular complexity index is 490. The molecule has 0 saturated carbocycles. The summed E-state index contributed by atoms with van der Waals surface area (Å²) < 4.78 is 2.08. The molecule has 0 aliphatic carbocycles. The first-order chi connectivity index (χ1) is 8.65. The lowest BCUT2D eigenvalue weighted by Crippen LogP contribution is -2.19. The number of aryl methyl sites for hydroxylation is 3. The fraction of sp³-hybridized carbons (Fsp3) is 0.583. The molecule has 0 aliphatic heterocycles. The molecule has 0 saturated heterocycles. The zero-order valence-electron chi connectivity index (χ0n) is 11.1. The molecule has 0 N–H and O–H groups in total. The Morgan fingerprint density at radius 2 is 2.22 bits per heavy atom. The highest BCUT2D eigenvalue weighted by Gasteiger charge is 2.06. The summed E-state index contributed by atoms with van der Waals surface area (Å²) in [7, 11) is 4.16. The fourth-order valence-corrected chi connectivity index (χ4v) is 2.65. The number of nitrogens with zero attached hydrogens (tertiary/aromatic N) is 5. The highest BCUT2D eigenvalue weighted by Crippen LogP contribution is 2.10. The van der Waals surface area contributed by atoms with Gasteiger partial charge in [-0.1, -0.05) is 0 Å². The van der Waals surface area contributed by atoms with Gasteiger partial charge in [-0.3, -0.25) is 4.90 Å². The zero-order chi connectivity index (χ0) is 13.0. The molecule has 2 rings (SSSR count). The smallest absolute Gasteiger partial charge is 0.131 e. The van der Waals surface area contributed by atoms with Crippen molar-refractivity contribution >= 4 is 11.3 Å². The predicted molar refractivity (Wildman–Crippen MR) is 72.5 cm³/mol. The van der Waals surface area contributed by atoms with Crippen molar-refractivity contribution in [1.82, 2.24) is 24.6 Å². The Hall–Kier alpha value is -1.27. The summed E-state index contributed by atoms with van der Waals surface area (Å²) in [5.41, 5.74) is 0. The first-order valence-corrected chi connectivity index (χ1v) is 6.90. The molecule has 0 spiro atoms. The van der Waals surface area contributed by atoms with Crippen LogP contribution in [0.5, 0.6) is 0 Å². The van der Waals surface area contributed by atoms with E-state index >= 15 is 0 Å². The molecule has 0 aliphatic rings. The number of hydrogen-bond acceptors (Lipinski definition) is 5. The molecule has 5 nitrogen and oxygen atoms in total. The molecule has 0 atom stereocenters. The minimum absolute atomic E-state index is 0.881. The minimum atomic E-state index is 0.881. The molecule has 0 radical (unpaired) electrons. The van der Waals surface area contributed by atoms with Gasteiger partial charge in [-0.25, -0.2) is 4.98 Å². The van der Waals surface area contributed by atoms with Crippen LogP contribution in [-0.4, -0.2) is 38.2 Å². The van der Waals surface area contributed by atoms with Gasteiger partial charge in [0.15, 0.2) is 0 Å². The first-order valence-electron chi connectivity index (χ1n) is 6.09. The number of imidazole rings is 1. The van der Waals surface area contributed by atoms with Crippen molar-refractivity contribution in [3.63, 3.8) is 0 Å². The molecule has 18 heavy (non-hydrogen) atoms. The molecule has 2 heterocycles. The maximum absolute atomic E-state index is 4.32. The Morgan fingerprint density at radius 3 is 2.83 bits per heavy atom. The van der Waals surface area contributed by atoms with Gasteiger partial charge in [0.05, 0.1) is 6.54 Å². The highest BCUT2D eigenvalue weighted by molar-refractivity contribution is 7.11.